The van der Waals surface area contributed by atoms with E-state index in [2.05, 4.69) is 49.4 Å². The van der Waals surface area contributed by atoms with E-state index in [9.17, 15) is 0 Å². The van der Waals surface area contributed by atoms with Crippen molar-refractivity contribution in [2.24, 2.45) is 5.92 Å². The van der Waals surface area contributed by atoms with Crippen LogP contribution in [0.15, 0.2) is 10.7 Å². The second-order valence-corrected chi connectivity index (χ2v) is 9.26. The number of rotatable bonds is 3. The summed E-state index contributed by atoms with van der Waals surface area (Å²) in [6.45, 7) is 10.8. The van der Waals surface area contributed by atoms with Crippen LogP contribution in [0.1, 0.15) is 13.8 Å². The molecule has 0 amide bonds. The van der Waals surface area contributed by atoms with Gasteiger partial charge in [0.15, 0.2) is 0 Å². The Bertz CT molecular complexity index is 147. The quantitative estimate of drug-likeness (QED) is 0.536. The van der Waals surface area contributed by atoms with Gasteiger partial charge in [-0.3, -0.25) is 0 Å². The molecule has 0 N–H and O–H groups in total. The first-order chi connectivity index (χ1) is 4.83. The van der Waals surface area contributed by atoms with Crippen LogP contribution in [0, 0.1) is 5.92 Å². The van der Waals surface area contributed by atoms with Gasteiger partial charge < -0.3 is 4.43 Å². The van der Waals surface area contributed by atoms with Crippen LogP contribution in [0.4, 0.5) is 0 Å². The van der Waals surface area contributed by atoms with Gasteiger partial charge in [-0.05, 0) is 25.6 Å². The number of hydrogen-bond acceptors (Lipinski definition) is 1. The van der Waals surface area contributed by atoms with Gasteiger partial charge in [-0.1, -0.05) is 29.8 Å². The van der Waals surface area contributed by atoms with Crippen molar-refractivity contribution >= 4 is 24.2 Å². The second kappa shape index (κ2) is 4.31. The summed E-state index contributed by atoms with van der Waals surface area (Å²) >= 11 is 3.45. The zero-order valence-corrected chi connectivity index (χ0v) is 10.5. The average molecular weight is 237 g/mol. The van der Waals surface area contributed by atoms with E-state index in [1.807, 2.05) is 6.26 Å². The van der Waals surface area contributed by atoms with E-state index in [-0.39, 0.29) is 0 Å². The van der Waals surface area contributed by atoms with E-state index in [4.69, 9.17) is 4.43 Å². The number of allylic oxidation sites excluding steroid dienone is 1. The summed E-state index contributed by atoms with van der Waals surface area (Å²) in [6.07, 6.45) is 1.84. The Balaban J connectivity index is 3.93. The van der Waals surface area contributed by atoms with Crippen molar-refractivity contribution < 1.29 is 4.43 Å². The molecule has 0 rings (SSSR count). The predicted octanol–water partition coefficient (Wildman–Crippen LogP) is 3.73. The molecule has 0 atom stereocenters. The molecule has 1 nitrogen and oxygen atoms in total. The molecule has 0 radical (unpaired) electrons. The van der Waals surface area contributed by atoms with Gasteiger partial charge in [-0.2, -0.15) is 0 Å². The lowest BCUT2D eigenvalue weighted by molar-refractivity contribution is 0.472. The molecule has 66 valence electrons. The highest BCUT2D eigenvalue weighted by molar-refractivity contribution is 9.11. The van der Waals surface area contributed by atoms with Gasteiger partial charge in [-0.15, -0.1) is 0 Å². The summed E-state index contributed by atoms with van der Waals surface area (Å²) in [4.78, 5) is 0. The van der Waals surface area contributed by atoms with E-state index in [1.54, 1.807) is 0 Å². The normalized spacial score (nSPS) is 13.9. The van der Waals surface area contributed by atoms with E-state index < -0.39 is 8.32 Å². The Morgan fingerprint density at radius 1 is 1.36 bits per heavy atom. The third-order valence-electron chi connectivity index (χ3n) is 1.08. The zero-order chi connectivity index (χ0) is 9.07. The Labute approximate surface area is 79.1 Å². The topological polar surface area (TPSA) is 9.23 Å². The molecule has 0 aliphatic rings. The fraction of sp³-hybridized carbons (Fsp3) is 0.750. The van der Waals surface area contributed by atoms with Crippen molar-refractivity contribution in [1.29, 1.82) is 0 Å². The maximum atomic E-state index is 5.58. The maximum Gasteiger partial charge on any atom is 0.241 e. The SMILES string of the molecule is CC(C)/C(Br)=C/O[Si](C)(C)C. The molecule has 0 bridgehead atoms. The van der Waals surface area contributed by atoms with Crippen molar-refractivity contribution in [2.75, 3.05) is 0 Å². The van der Waals surface area contributed by atoms with E-state index in [0.29, 0.717) is 5.92 Å². The monoisotopic (exact) mass is 236 g/mol. The molecule has 0 aromatic carbocycles. The highest BCUT2D eigenvalue weighted by Crippen LogP contribution is 2.17. The molecule has 0 saturated carbocycles. The molecule has 0 aliphatic heterocycles. The molecule has 3 heteroatoms. The van der Waals surface area contributed by atoms with Gasteiger partial charge >= 0.3 is 0 Å². The van der Waals surface area contributed by atoms with Crippen molar-refractivity contribution in [3.05, 3.63) is 10.7 Å². The fourth-order valence-corrected chi connectivity index (χ4v) is 1.12. The molecule has 0 saturated heterocycles. The largest absolute Gasteiger partial charge is 0.549 e. The molecule has 0 aromatic rings. The summed E-state index contributed by atoms with van der Waals surface area (Å²) in [5, 5.41) is 0. The van der Waals surface area contributed by atoms with Crippen LogP contribution in [0.25, 0.3) is 0 Å². The van der Waals surface area contributed by atoms with E-state index in [0.717, 1.165) is 4.48 Å². The van der Waals surface area contributed by atoms with Gasteiger partial charge in [0.05, 0.1) is 6.26 Å². The molecule has 0 aromatic heterocycles. The standard InChI is InChI=1S/C8H17BrOSi/c1-7(2)8(9)6-10-11(3,4)5/h6-7H,1-5H3/b8-6-. The van der Waals surface area contributed by atoms with E-state index in [1.165, 1.54) is 0 Å². The third-order valence-corrected chi connectivity index (χ3v) is 3.00. The predicted molar refractivity (Wildman–Crippen MR) is 56.3 cm³/mol. The Morgan fingerprint density at radius 2 is 1.82 bits per heavy atom. The molecule has 0 spiro atoms. The summed E-state index contributed by atoms with van der Waals surface area (Å²) in [7, 11) is -1.37. The third kappa shape index (κ3) is 6.63. The van der Waals surface area contributed by atoms with Gasteiger partial charge in [0.25, 0.3) is 0 Å². The van der Waals surface area contributed by atoms with Crippen LogP contribution >= 0.6 is 15.9 Å². The van der Waals surface area contributed by atoms with Crippen molar-refractivity contribution in [1.82, 2.24) is 0 Å². The molecular weight excluding hydrogens is 220 g/mol. The molecule has 0 unspecified atom stereocenters. The van der Waals surface area contributed by atoms with Crippen LogP contribution in [-0.4, -0.2) is 8.32 Å². The van der Waals surface area contributed by atoms with Crippen molar-refractivity contribution in [2.45, 2.75) is 33.5 Å². The van der Waals surface area contributed by atoms with Crippen molar-refractivity contribution in [3.63, 3.8) is 0 Å². The fourth-order valence-electron chi connectivity index (χ4n) is 0.369. The average Bonchev–Trinajstić information content (AvgIpc) is 1.80. The number of hydrogen-bond donors (Lipinski definition) is 0. The van der Waals surface area contributed by atoms with Crippen LogP contribution in [-0.2, 0) is 4.43 Å². The summed E-state index contributed by atoms with van der Waals surface area (Å²) in [5.74, 6) is 0.520. The zero-order valence-electron chi connectivity index (χ0n) is 7.94. The molecule has 0 heterocycles. The summed E-state index contributed by atoms with van der Waals surface area (Å²) in [5.41, 5.74) is 0. The summed E-state index contributed by atoms with van der Waals surface area (Å²) < 4.78 is 6.72. The Kier molecular flexibility index (Phi) is 4.40. The lowest BCUT2D eigenvalue weighted by Gasteiger charge is -2.16. The summed E-state index contributed by atoms with van der Waals surface area (Å²) in [6, 6.07) is 0. The maximum absolute atomic E-state index is 5.58. The lowest BCUT2D eigenvalue weighted by Crippen LogP contribution is -2.22. The Morgan fingerprint density at radius 3 is 2.09 bits per heavy atom. The van der Waals surface area contributed by atoms with Gasteiger partial charge in [0, 0.05) is 4.48 Å². The Hall–Kier alpha value is 0.237. The highest BCUT2D eigenvalue weighted by Gasteiger charge is 2.13. The van der Waals surface area contributed by atoms with Crippen LogP contribution in [0.5, 0.6) is 0 Å². The minimum absolute atomic E-state index is 0.520. The highest BCUT2D eigenvalue weighted by atomic mass is 79.9. The molecular formula is C8H17BrOSi. The first kappa shape index (κ1) is 11.2. The van der Waals surface area contributed by atoms with Crippen LogP contribution in [0.2, 0.25) is 19.6 Å². The minimum atomic E-state index is -1.37. The first-order valence-corrected chi connectivity index (χ1v) is 8.06. The molecule has 0 aliphatic carbocycles. The van der Waals surface area contributed by atoms with Crippen LogP contribution in [0.3, 0.4) is 0 Å². The second-order valence-electron chi connectivity index (χ2n) is 3.89. The lowest BCUT2D eigenvalue weighted by atomic mass is 10.2. The minimum Gasteiger partial charge on any atom is -0.549 e. The van der Waals surface area contributed by atoms with Crippen LogP contribution < -0.4 is 0 Å². The molecule has 0 fully saturated rings. The van der Waals surface area contributed by atoms with Crippen molar-refractivity contribution in [3.8, 4) is 0 Å². The first-order valence-electron chi connectivity index (χ1n) is 3.86. The smallest absolute Gasteiger partial charge is 0.241 e. The number of halogens is 1. The van der Waals surface area contributed by atoms with Gasteiger partial charge in [0.1, 0.15) is 0 Å². The van der Waals surface area contributed by atoms with Gasteiger partial charge in [0.2, 0.25) is 8.32 Å². The molecule has 11 heavy (non-hydrogen) atoms. The van der Waals surface area contributed by atoms with Gasteiger partial charge in [-0.25, -0.2) is 0 Å². The van der Waals surface area contributed by atoms with E-state index >= 15 is 0 Å².